The molecule has 0 aliphatic carbocycles. The van der Waals surface area contributed by atoms with Crippen molar-refractivity contribution >= 4 is 11.5 Å². The molecule has 0 saturated carbocycles. The van der Waals surface area contributed by atoms with Crippen molar-refractivity contribution in [2.45, 2.75) is 46.0 Å². The molecule has 34 heavy (non-hydrogen) atoms. The number of benzene rings is 1. The Morgan fingerprint density at radius 1 is 1.26 bits per heavy atom. The van der Waals surface area contributed by atoms with Crippen LogP contribution in [0.15, 0.2) is 53.5 Å². The third-order valence-electron chi connectivity index (χ3n) is 5.14. The van der Waals surface area contributed by atoms with Crippen molar-refractivity contribution in [1.29, 1.82) is 5.26 Å². The molecule has 0 unspecified atom stereocenters. The van der Waals surface area contributed by atoms with Gasteiger partial charge in [0.25, 0.3) is 0 Å². The molecule has 0 saturated heterocycles. The Morgan fingerprint density at radius 2 is 1.97 bits per heavy atom. The van der Waals surface area contributed by atoms with Gasteiger partial charge in [-0.2, -0.15) is 18.4 Å². The van der Waals surface area contributed by atoms with Crippen LogP contribution in [0, 0.1) is 23.7 Å². The lowest BCUT2D eigenvalue weighted by molar-refractivity contribution is -0.0888. The molecule has 2 heterocycles. The van der Waals surface area contributed by atoms with Gasteiger partial charge < -0.3 is 15.0 Å². The molecule has 1 aromatic heterocycles. The first-order valence-electron chi connectivity index (χ1n) is 10.6. The zero-order valence-electron chi connectivity index (χ0n) is 19.1. The summed E-state index contributed by atoms with van der Waals surface area (Å²) in [6.45, 7) is 5.61. The summed E-state index contributed by atoms with van der Waals surface area (Å²) in [4.78, 5) is 10.3. The van der Waals surface area contributed by atoms with E-state index in [1.807, 2.05) is 38.1 Å². The zero-order valence-corrected chi connectivity index (χ0v) is 19.1. The Balaban J connectivity index is 1.89. The van der Waals surface area contributed by atoms with Crippen molar-refractivity contribution in [3.8, 4) is 24.2 Å². The highest BCUT2D eigenvalue weighted by molar-refractivity contribution is 5.61. The summed E-state index contributed by atoms with van der Waals surface area (Å²) in [6, 6.07) is 8.94. The van der Waals surface area contributed by atoms with E-state index in [4.69, 9.17) is 16.4 Å². The van der Waals surface area contributed by atoms with Gasteiger partial charge in [0.05, 0.1) is 29.1 Å². The largest absolute Gasteiger partial charge is 0.491 e. The number of aromatic nitrogens is 2. The third kappa shape index (κ3) is 5.87. The van der Waals surface area contributed by atoms with Crippen LogP contribution in [0.5, 0.6) is 5.75 Å². The number of fused-ring (bicyclic) bond motifs is 1. The fourth-order valence-electron chi connectivity index (χ4n) is 3.50. The molecule has 0 spiro atoms. The molecule has 0 fully saturated rings. The predicted molar refractivity (Wildman–Crippen MR) is 123 cm³/mol. The van der Waals surface area contributed by atoms with Crippen LogP contribution in [0.4, 0.5) is 24.7 Å². The third-order valence-corrected chi connectivity index (χ3v) is 5.14. The molecule has 3 rings (SSSR count). The van der Waals surface area contributed by atoms with Crippen molar-refractivity contribution < 1.29 is 17.9 Å². The van der Waals surface area contributed by atoms with Gasteiger partial charge in [-0.1, -0.05) is 5.92 Å². The molecule has 1 aliphatic rings. The van der Waals surface area contributed by atoms with E-state index in [0.717, 1.165) is 35.7 Å². The first-order valence-corrected chi connectivity index (χ1v) is 10.6. The van der Waals surface area contributed by atoms with Crippen LogP contribution in [0.2, 0.25) is 0 Å². The Kier molecular flexibility index (Phi) is 7.47. The number of terminal acetylenes is 1. The molecule has 0 radical (unpaired) electrons. The summed E-state index contributed by atoms with van der Waals surface area (Å²) < 4.78 is 46.1. The standard InChI is InChI=1S/C25H24F3N5O/c1-5-19(12-22(17(4)13-29)25(26,27)28)33-11-10-23-21(14-33)24(31-15-30-23)32-18-6-8-20(9-7-18)34-16(2)3/h1,6-9,12,15-16H,10-11,14H2,2-4H3,(H,30,31,32)/b19-12+,22-17-. The van der Waals surface area contributed by atoms with E-state index in [2.05, 4.69) is 21.2 Å². The SMILES string of the molecule is C#C/C(=C\C(=C(/C)C#N)C(F)(F)F)N1CCc2ncnc(Nc3ccc(OC(C)C)cc3)c2C1. The highest BCUT2D eigenvalue weighted by Crippen LogP contribution is 2.32. The molecule has 6 nitrogen and oxygen atoms in total. The Hall–Kier alpha value is -3.98. The molecule has 1 N–H and O–H groups in total. The van der Waals surface area contributed by atoms with Gasteiger partial charge in [-0.3, -0.25) is 0 Å². The molecule has 0 bridgehead atoms. The number of anilines is 2. The van der Waals surface area contributed by atoms with Crippen LogP contribution in [0.25, 0.3) is 0 Å². The van der Waals surface area contributed by atoms with E-state index in [1.165, 1.54) is 6.33 Å². The van der Waals surface area contributed by atoms with E-state index in [0.29, 0.717) is 18.8 Å². The quantitative estimate of drug-likeness (QED) is 0.354. The lowest BCUT2D eigenvalue weighted by atomic mass is 10.0. The van der Waals surface area contributed by atoms with Gasteiger partial charge in [-0.15, -0.1) is 6.42 Å². The molecule has 0 atom stereocenters. The van der Waals surface area contributed by atoms with Gasteiger partial charge in [0.1, 0.15) is 17.9 Å². The van der Waals surface area contributed by atoms with Gasteiger partial charge in [0, 0.05) is 36.3 Å². The van der Waals surface area contributed by atoms with Crippen molar-refractivity contribution in [2.75, 3.05) is 11.9 Å². The van der Waals surface area contributed by atoms with Crippen LogP contribution in [-0.4, -0.2) is 33.7 Å². The second kappa shape index (κ2) is 10.3. The number of halogens is 3. The van der Waals surface area contributed by atoms with E-state index < -0.39 is 17.3 Å². The second-order valence-electron chi connectivity index (χ2n) is 7.96. The number of ether oxygens (including phenoxy) is 1. The van der Waals surface area contributed by atoms with Gasteiger partial charge in [-0.05, 0) is 51.1 Å². The first-order chi connectivity index (χ1) is 16.1. The molecule has 9 heteroatoms. The number of nitriles is 1. The van der Waals surface area contributed by atoms with Gasteiger partial charge in [0.2, 0.25) is 0 Å². The van der Waals surface area contributed by atoms with Crippen molar-refractivity contribution in [3.63, 3.8) is 0 Å². The maximum atomic E-state index is 13.5. The molecular weight excluding hydrogens is 443 g/mol. The van der Waals surface area contributed by atoms with Crippen molar-refractivity contribution in [2.24, 2.45) is 0 Å². The highest BCUT2D eigenvalue weighted by Gasteiger charge is 2.35. The van der Waals surface area contributed by atoms with E-state index in [1.54, 1.807) is 11.0 Å². The van der Waals surface area contributed by atoms with Crippen LogP contribution < -0.4 is 10.1 Å². The first kappa shape index (κ1) is 24.7. The van der Waals surface area contributed by atoms with Gasteiger partial charge >= 0.3 is 6.18 Å². The summed E-state index contributed by atoms with van der Waals surface area (Å²) in [5, 5.41) is 12.2. The molecular formula is C25H24F3N5O. The van der Waals surface area contributed by atoms with Crippen molar-refractivity contribution in [3.05, 3.63) is 64.8 Å². The maximum absolute atomic E-state index is 13.5. The summed E-state index contributed by atoms with van der Waals surface area (Å²) in [5.41, 5.74) is 0.844. The Labute approximate surface area is 196 Å². The lowest BCUT2D eigenvalue weighted by Gasteiger charge is -2.31. The minimum atomic E-state index is -4.70. The summed E-state index contributed by atoms with van der Waals surface area (Å²) in [5.74, 6) is 3.63. The predicted octanol–water partition coefficient (Wildman–Crippen LogP) is 5.28. The smallest absolute Gasteiger partial charge is 0.417 e. The number of hydrogen-bond acceptors (Lipinski definition) is 6. The Morgan fingerprint density at radius 3 is 2.56 bits per heavy atom. The number of allylic oxidation sites excluding steroid dienone is 4. The number of nitrogens with zero attached hydrogens (tertiary/aromatic N) is 4. The maximum Gasteiger partial charge on any atom is 0.417 e. The van der Waals surface area contributed by atoms with Gasteiger partial charge in [-0.25, -0.2) is 9.97 Å². The Bertz CT molecular complexity index is 1190. The lowest BCUT2D eigenvalue weighted by Crippen LogP contribution is -2.31. The normalized spacial score (nSPS) is 14.6. The fraction of sp³-hybridized carbons (Fsp3) is 0.320. The van der Waals surface area contributed by atoms with Crippen LogP contribution in [0.1, 0.15) is 32.0 Å². The number of hydrogen-bond donors (Lipinski definition) is 1. The zero-order chi connectivity index (χ0) is 24.9. The minimum Gasteiger partial charge on any atom is -0.491 e. The fourth-order valence-corrected chi connectivity index (χ4v) is 3.50. The highest BCUT2D eigenvalue weighted by atomic mass is 19.4. The van der Waals surface area contributed by atoms with Crippen LogP contribution in [-0.2, 0) is 13.0 Å². The number of rotatable bonds is 6. The molecule has 176 valence electrons. The molecule has 1 aromatic carbocycles. The monoisotopic (exact) mass is 467 g/mol. The van der Waals surface area contributed by atoms with Gasteiger partial charge in [0.15, 0.2) is 0 Å². The minimum absolute atomic E-state index is 0.0394. The molecule has 0 amide bonds. The van der Waals surface area contributed by atoms with Crippen molar-refractivity contribution in [1.82, 2.24) is 14.9 Å². The van der Waals surface area contributed by atoms with Crippen LogP contribution >= 0.6 is 0 Å². The summed E-state index contributed by atoms with van der Waals surface area (Å²) >= 11 is 0. The molecule has 2 aromatic rings. The average Bonchev–Trinajstić information content (AvgIpc) is 2.79. The number of alkyl halides is 3. The van der Waals surface area contributed by atoms with E-state index in [9.17, 15) is 13.2 Å². The van der Waals surface area contributed by atoms with E-state index in [-0.39, 0.29) is 18.3 Å². The summed E-state index contributed by atoms with van der Waals surface area (Å²) in [7, 11) is 0. The topological polar surface area (TPSA) is 74.1 Å². The van der Waals surface area contributed by atoms with E-state index >= 15 is 0 Å². The summed E-state index contributed by atoms with van der Waals surface area (Å²) in [6.07, 6.45) is 3.72. The number of nitrogens with one attached hydrogen (secondary N) is 1. The molecule has 1 aliphatic heterocycles. The average molecular weight is 467 g/mol. The second-order valence-corrected chi connectivity index (χ2v) is 7.96. The van der Waals surface area contributed by atoms with Crippen LogP contribution in [0.3, 0.4) is 0 Å².